The van der Waals surface area contributed by atoms with E-state index in [0.717, 1.165) is 23.4 Å². The van der Waals surface area contributed by atoms with Crippen LogP contribution < -0.4 is 10.2 Å². The number of hydrogen-bond acceptors (Lipinski definition) is 4. The van der Waals surface area contributed by atoms with Gasteiger partial charge in [-0.25, -0.2) is 0 Å². The van der Waals surface area contributed by atoms with Crippen molar-refractivity contribution in [3.63, 3.8) is 0 Å². The summed E-state index contributed by atoms with van der Waals surface area (Å²) < 4.78 is 0.462. The Hall–Kier alpha value is -1.92. The fraction of sp³-hybridized carbons (Fsp3) is 0.300. The van der Waals surface area contributed by atoms with Gasteiger partial charge in [0.25, 0.3) is 5.91 Å². The molecule has 0 radical (unpaired) electrons. The monoisotopic (exact) mass is 384 g/mol. The van der Waals surface area contributed by atoms with E-state index in [0.29, 0.717) is 16.7 Å². The van der Waals surface area contributed by atoms with Crippen LogP contribution in [0.1, 0.15) is 33.0 Å². The first kappa shape index (κ1) is 17.5. The van der Waals surface area contributed by atoms with Crippen LogP contribution in [-0.2, 0) is 11.2 Å². The maximum absolute atomic E-state index is 12.7. The number of carbonyl (C=O) groups excluding carboxylic acids is 2. The maximum atomic E-state index is 12.7. The molecule has 2 amide bonds. The predicted octanol–water partition coefficient (Wildman–Crippen LogP) is 4.33. The average molecular weight is 385 g/mol. The van der Waals surface area contributed by atoms with Gasteiger partial charge in [-0.2, -0.15) is 0 Å². The Morgan fingerprint density at radius 2 is 1.92 bits per heavy atom. The van der Waals surface area contributed by atoms with E-state index in [4.69, 9.17) is 0 Å². The zero-order chi connectivity index (χ0) is 18.1. The molecule has 2 aromatic carbocycles. The van der Waals surface area contributed by atoms with Crippen molar-refractivity contribution in [2.75, 3.05) is 28.3 Å². The van der Waals surface area contributed by atoms with Crippen LogP contribution in [0.2, 0.25) is 0 Å². The van der Waals surface area contributed by atoms with Crippen LogP contribution in [0.15, 0.2) is 42.5 Å². The van der Waals surface area contributed by atoms with Crippen LogP contribution in [0.5, 0.6) is 0 Å². The third-order valence-electron chi connectivity index (χ3n) is 4.66. The van der Waals surface area contributed by atoms with Gasteiger partial charge in [0.1, 0.15) is 0 Å². The van der Waals surface area contributed by atoms with Gasteiger partial charge in [-0.05, 0) is 47.9 Å². The number of carbonyl (C=O) groups is 2. The molecule has 134 valence electrons. The smallest absolute Gasteiger partial charge is 0.255 e. The summed E-state index contributed by atoms with van der Waals surface area (Å²) in [4.78, 5) is 26.1. The number of amides is 2. The summed E-state index contributed by atoms with van der Waals surface area (Å²) in [6, 6.07) is 13.7. The molecule has 4 nitrogen and oxygen atoms in total. The fourth-order valence-corrected chi connectivity index (χ4v) is 6.23. The molecule has 6 heteroatoms. The molecule has 2 aliphatic heterocycles. The average Bonchev–Trinajstić information content (AvgIpc) is 3.31. The number of hydrogen-bond donors (Lipinski definition) is 1. The van der Waals surface area contributed by atoms with Gasteiger partial charge in [0.05, 0.1) is 4.58 Å². The van der Waals surface area contributed by atoms with Crippen molar-refractivity contribution in [2.24, 2.45) is 0 Å². The molecule has 0 spiro atoms. The topological polar surface area (TPSA) is 49.4 Å². The molecule has 0 aliphatic carbocycles. The Morgan fingerprint density at radius 3 is 2.69 bits per heavy atom. The van der Waals surface area contributed by atoms with Gasteiger partial charge in [-0.15, -0.1) is 23.5 Å². The lowest BCUT2D eigenvalue weighted by molar-refractivity contribution is -0.116. The van der Waals surface area contributed by atoms with Crippen LogP contribution in [0, 0.1) is 0 Å². The minimum atomic E-state index is -0.113. The summed E-state index contributed by atoms with van der Waals surface area (Å²) in [5.41, 5.74) is 4.68. The standard InChI is InChI=1S/C20H20N2O2S2/c1-13(23)22-8-7-14-11-15(5-6-18(14)22)19(24)21-17-4-2-3-16(12-17)20-25-9-10-26-20/h2-6,11-12,20H,7-10H2,1H3,(H,21,24). The molecule has 2 heterocycles. The predicted molar refractivity (Wildman–Crippen MR) is 110 cm³/mol. The van der Waals surface area contributed by atoms with Gasteiger partial charge in [0, 0.05) is 41.9 Å². The van der Waals surface area contributed by atoms with Crippen LogP contribution >= 0.6 is 23.5 Å². The Morgan fingerprint density at radius 1 is 1.12 bits per heavy atom. The first-order valence-electron chi connectivity index (χ1n) is 8.67. The molecule has 0 aromatic heterocycles. The zero-order valence-corrected chi connectivity index (χ0v) is 16.2. The lowest BCUT2D eigenvalue weighted by Gasteiger charge is -2.15. The van der Waals surface area contributed by atoms with E-state index in [1.165, 1.54) is 17.1 Å². The van der Waals surface area contributed by atoms with Crippen molar-refractivity contribution in [1.82, 2.24) is 0 Å². The molecule has 0 unspecified atom stereocenters. The molecule has 1 N–H and O–H groups in total. The van der Waals surface area contributed by atoms with E-state index in [-0.39, 0.29) is 11.8 Å². The summed E-state index contributed by atoms with van der Waals surface area (Å²) in [7, 11) is 0. The Labute approximate surface area is 161 Å². The van der Waals surface area contributed by atoms with Crippen LogP contribution in [0.3, 0.4) is 0 Å². The number of benzene rings is 2. The Balaban J connectivity index is 1.50. The van der Waals surface area contributed by atoms with E-state index < -0.39 is 0 Å². The number of fused-ring (bicyclic) bond motifs is 1. The van der Waals surface area contributed by atoms with E-state index in [9.17, 15) is 9.59 Å². The van der Waals surface area contributed by atoms with E-state index in [1.54, 1.807) is 17.9 Å². The molecule has 0 saturated carbocycles. The summed E-state index contributed by atoms with van der Waals surface area (Å²) in [6.45, 7) is 2.26. The molecule has 0 atom stereocenters. The molecular weight excluding hydrogens is 364 g/mol. The van der Waals surface area contributed by atoms with Gasteiger partial charge in [-0.1, -0.05) is 12.1 Å². The highest BCUT2D eigenvalue weighted by molar-refractivity contribution is 8.19. The Bertz CT molecular complexity index is 863. The normalized spacial score (nSPS) is 16.6. The first-order valence-corrected chi connectivity index (χ1v) is 10.8. The van der Waals surface area contributed by atoms with Crippen molar-refractivity contribution in [3.8, 4) is 0 Å². The molecule has 26 heavy (non-hydrogen) atoms. The molecule has 1 fully saturated rings. The lowest BCUT2D eigenvalue weighted by atomic mass is 10.1. The van der Waals surface area contributed by atoms with Crippen molar-refractivity contribution in [1.29, 1.82) is 0 Å². The van der Waals surface area contributed by atoms with Gasteiger partial charge in [0.15, 0.2) is 0 Å². The quantitative estimate of drug-likeness (QED) is 0.856. The van der Waals surface area contributed by atoms with E-state index >= 15 is 0 Å². The number of anilines is 2. The zero-order valence-electron chi connectivity index (χ0n) is 14.5. The highest BCUT2D eigenvalue weighted by atomic mass is 32.2. The maximum Gasteiger partial charge on any atom is 0.255 e. The second kappa shape index (κ2) is 7.37. The van der Waals surface area contributed by atoms with Crippen LogP contribution in [0.25, 0.3) is 0 Å². The molecule has 2 aliphatic rings. The van der Waals surface area contributed by atoms with Crippen LogP contribution in [-0.4, -0.2) is 29.9 Å². The largest absolute Gasteiger partial charge is 0.322 e. The van der Waals surface area contributed by atoms with E-state index in [1.807, 2.05) is 47.8 Å². The minimum Gasteiger partial charge on any atom is -0.322 e. The third-order valence-corrected chi connectivity index (χ3v) is 7.76. The van der Waals surface area contributed by atoms with Crippen molar-refractivity contribution >= 4 is 46.7 Å². The molecule has 0 bridgehead atoms. The Kier molecular flexibility index (Phi) is 4.96. The minimum absolute atomic E-state index is 0.0421. The number of rotatable bonds is 3. The SMILES string of the molecule is CC(=O)N1CCc2cc(C(=O)Nc3cccc(C4SCCS4)c3)ccc21. The summed E-state index contributed by atoms with van der Waals surface area (Å²) in [6.07, 6.45) is 0.793. The first-order chi connectivity index (χ1) is 12.6. The summed E-state index contributed by atoms with van der Waals surface area (Å²) in [5, 5.41) is 3.01. The van der Waals surface area contributed by atoms with Crippen molar-refractivity contribution in [3.05, 3.63) is 59.2 Å². The fourth-order valence-electron chi connectivity index (χ4n) is 3.39. The van der Waals surface area contributed by atoms with Gasteiger partial charge in [0.2, 0.25) is 5.91 Å². The van der Waals surface area contributed by atoms with Gasteiger partial charge >= 0.3 is 0 Å². The highest BCUT2D eigenvalue weighted by Crippen LogP contribution is 2.45. The molecule has 4 rings (SSSR count). The number of thioether (sulfide) groups is 2. The van der Waals surface area contributed by atoms with Gasteiger partial charge in [-0.3, -0.25) is 9.59 Å². The number of nitrogens with one attached hydrogen (secondary N) is 1. The third kappa shape index (κ3) is 3.48. The number of nitrogens with zero attached hydrogens (tertiary/aromatic N) is 1. The van der Waals surface area contributed by atoms with Gasteiger partial charge < -0.3 is 10.2 Å². The van der Waals surface area contributed by atoms with E-state index in [2.05, 4.69) is 17.4 Å². The molecule has 1 saturated heterocycles. The second-order valence-corrected chi connectivity index (χ2v) is 9.14. The molecule has 2 aromatic rings. The van der Waals surface area contributed by atoms with Crippen molar-refractivity contribution < 1.29 is 9.59 Å². The highest BCUT2D eigenvalue weighted by Gasteiger charge is 2.23. The summed E-state index contributed by atoms with van der Waals surface area (Å²) in [5.74, 6) is 2.29. The molecular formula is C20H20N2O2S2. The second-order valence-electron chi connectivity index (χ2n) is 6.42. The van der Waals surface area contributed by atoms with Crippen molar-refractivity contribution in [2.45, 2.75) is 17.9 Å². The lowest BCUT2D eigenvalue weighted by Crippen LogP contribution is -2.25. The summed E-state index contributed by atoms with van der Waals surface area (Å²) >= 11 is 3.91. The van der Waals surface area contributed by atoms with Crippen LogP contribution in [0.4, 0.5) is 11.4 Å².